The molecule has 120 valence electrons. The molecule has 1 atom stereocenters. The normalized spacial score (nSPS) is 20.1. The van der Waals surface area contributed by atoms with Gasteiger partial charge in [0.15, 0.2) is 0 Å². The molecule has 0 radical (unpaired) electrons. The van der Waals surface area contributed by atoms with Crippen LogP contribution < -0.4 is 10.0 Å². The Kier molecular flexibility index (Phi) is 7.98. The summed E-state index contributed by atoms with van der Waals surface area (Å²) in [7, 11) is -3.36. The van der Waals surface area contributed by atoms with Crippen molar-refractivity contribution in [1.82, 2.24) is 14.3 Å². The SMILES string of the molecule is CCNCC1CCN(S(=O)(=O)NCC(C)OCC)CC1. The second-order valence-corrected chi connectivity index (χ2v) is 7.02. The van der Waals surface area contributed by atoms with Crippen LogP contribution in [0.3, 0.4) is 0 Å². The van der Waals surface area contributed by atoms with Crippen LogP contribution in [0, 0.1) is 5.92 Å². The van der Waals surface area contributed by atoms with E-state index in [2.05, 4.69) is 17.0 Å². The number of rotatable bonds is 9. The van der Waals surface area contributed by atoms with Crippen LogP contribution in [0.4, 0.5) is 0 Å². The van der Waals surface area contributed by atoms with Crippen LogP contribution in [-0.4, -0.2) is 58.2 Å². The molecular weight excluding hydrogens is 278 g/mol. The molecule has 0 aliphatic carbocycles. The summed E-state index contributed by atoms with van der Waals surface area (Å²) < 4.78 is 33.8. The second-order valence-electron chi connectivity index (χ2n) is 5.27. The lowest BCUT2D eigenvalue weighted by Gasteiger charge is -2.31. The Morgan fingerprint density at radius 3 is 2.50 bits per heavy atom. The Balaban J connectivity index is 2.35. The molecular formula is C13H29N3O3S. The lowest BCUT2D eigenvalue weighted by molar-refractivity contribution is 0.0795. The third kappa shape index (κ3) is 6.05. The van der Waals surface area contributed by atoms with Crippen molar-refractivity contribution in [2.45, 2.75) is 39.7 Å². The minimum absolute atomic E-state index is 0.0962. The van der Waals surface area contributed by atoms with Gasteiger partial charge in [-0.3, -0.25) is 0 Å². The zero-order valence-corrected chi connectivity index (χ0v) is 13.7. The maximum Gasteiger partial charge on any atom is 0.279 e. The van der Waals surface area contributed by atoms with Crippen molar-refractivity contribution in [2.75, 3.05) is 39.3 Å². The zero-order chi connectivity index (χ0) is 15.0. The maximum absolute atomic E-state index is 12.2. The van der Waals surface area contributed by atoms with Gasteiger partial charge in [0.25, 0.3) is 10.2 Å². The molecule has 0 aromatic carbocycles. The number of hydrogen-bond acceptors (Lipinski definition) is 4. The molecule has 0 saturated carbocycles. The molecule has 1 heterocycles. The Labute approximate surface area is 123 Å². The van der Waals surface area contributed by atoms with Gasteiger partial charge in [0.1, 0.15) is 0 Å². The van der Waals surface area contributed by atoms with Gasteiger partial charge in [-0.25, -0.2) is 0 Å². The average Bonchev–Trinajstić information content (AvgIpc) is 2.44. The van der Waals surface area contributed by atoms with Crippen LogP contribution in [-0.2, 0) is 14.9 Å². The van der Waals surface area contributed by atoms with Gasteiger partial charge in [0.2, 0.25) is 0 Å². The monoisotopic (exact) mass is 307 g/mol. The Morgan fingerprint density at radius 2 is 1.95 bits per heavy atom. The van der Waals surface area contributed by atoms with E-state index in [-0.39, 0.29) is 6.10 Å². The highest BCUT2D eigenvalue weighted by molar-refractivity contribution is 7.87. The first kappa shape index (κ1) is 17.8. The molecule has 2 N–H and O–H groups in total. The Morgan fingerprint density at radius 1 is 1.30 bits per heavy atom. The summed E-state index contributed by atoms with van der Waals surface area (Å²) in [6, 6.07) is 0. The maximum atomic E-state index is 12.2. The van der Waals surface area contributed by atoms with Crippen molar-refractivity contribution in [1.29, 1.82) is 0 Å². The molecule has 0 aromatic rings. The first-order chi connectivity index (χ1) is 9.49. The van der Waals surface area contributed by atoms with E-state index in [9.17, 15) is 8.42 Å². The van der Waals surface area contributed by atoms with Crippen molar-refractivity contribution in [3.05, 3.63) is 0 Å². The fraction of sp³-hybridized carbons (Fsp3) is 1.00. The third-order valence-electron chi connectivity index (χ3n) is 3.60. The summed E-state index contributed by atoms with van der Waals surface area (Å²) >= 11 is 0. The van der Waals surface area contributed by atoms with E-state index in [1.54, 1.807) is 4.31 Å². The van der Waals surface area contributed by atoms with E-state index in [4.69, 9.17) is 4.74 Å². The molecule has 1 aliphatic rings. The topological polar surface area (TPSA) is 70.7 Å². The van der Waals surface area contributed by atoms with E-state index in [0.29, 0.717) is 32.2 Å². The molecule has 7 heteroatoms. The summed E-state index contributed by atoms with van der Waals surface area (Å²) in [6.45, 7) is 9.95. The molecule has 1 aliphatic heterocycles. The highest BCUT2D eigenvalue weighted by atomic mass is 32.2. The fourth-order valence-electron chi connectivity index (χ4n) is 2.36. The number of piperidine rings is 1. The van der Waals surface area contributed by atoms with Crippen molar-refractivity contribution in [2.24, 2.45) is 5.92 Å². The third-order valence-corrected chi connectivity index (χ3v) is 5.18. The highest BCUT2D eigenvalue weighted by Gasteiger charge is 2.27. The quantitative estimate of drug-likeness (QED) is 0.653. The molecule has 20 heavy (non-hydrogen) atoms. The van der Waals surface area contributed by atoms with Crippen LogP contribution in [0.25, 0.3) is 0 Å². The summed E-state index contributed by atoms with van der Waals surface area (Å²) in [5, 5.41) is 3.33. The molecule has 0 aromatic heterocycles. The molecule has 0 spiro atoms. The lowest BCUT2D eigenvalue weighted by atomic mass is 9.98. The molecule has 0 amide bonds. The Bertz CT molecular complexity index is 354. The Hall–Kier alpha value is -0.210. The molecule has 1 unspecified atom stereocenters. The van der Waals surface area contributed by atoms with Gasteiger partial charge in [0, 0.05) is 26.2 Å². The highest BCUT2D eigenvalue weighted by Crippen LogP contribution is 2.18. The number of hydrogen-bond donors (Lipinski definition) is 2. The summed E-state index contributed by atoms with van der Waals surface area (Å²) in [5.74, 6) is 0.587. The van der Waals surface area contributed by atoms with Crippen molar-refractivity contribution < 1.29 is 13.2 Å². The summed E-state index contributed by atoms with van der Waals surface area (Å²) in [6.07, 6.45) is 1.75. The number of nitrogens with zero attached hydrogens (tertiary/aromatic N) is 1. The molecule has 6 nitrogen and oxygen atoms in total. The van der Waals surface area contributed by atoms with Gasteiger partial charge in [-0.05, 0) is 45.7 Å². The van der Waals surface area contributed by atoms with E-state index in [1.165, 1.54) is 0 Å². The first-order valence-corrected chi connectivity index (χ1v) is 9.00. The number of nitrogens with one attached hydrogen (secondary N) is 2. The van der Waals surface area contributed by atoms with Gasteiger partial charge >= 0.3 is 0 Å². The largest absolute Gasteiger partial charge is 0.377 e. The minimum Gasteiger partial charge on any atom is -0.377 e. The van der Waals surface area contributed by atoms with Crippen molar-refractivity contribution >= 4 is 10.2 Å². The van der Waals surface area contributed by atoms with Crippen molar-refractivity contribution in [3.63, 3.8) is 0 Å². The predicted octanol–water partition coefficient (Wildman–Crippen LogP) is 0.567. The van der Waals surface area contributed by atoms with Crippen LogP contribution >= 0.6 is 0 Å². The predicted molar refractivity (Wildman–Crippen MR) is 80.9 cm³/mol. The van der Waals surface area contributed by atoms with E-state index < -0.39 is 10.2 Å². The van der Waals surface area contributed by atoms with E-state index in [0.717, 1.165) is 25.9 Å². The average molecular weight is 307 g/mol. The second kappa shape index (κ2) is 8.94. The van der Waals surface area contributed by atoms with Crippen LogP contribution in [0.5, 0.6) is 0 Å². The molecule has 1 fully saturated rings. The van der Waals surface area contributed by atoms with Gasteiger partial charge in [-0.2, -0.15) is 17.4 Å². The van der Waals surface area contributed by atoms with E-state index >= 15 is 0 Å². The number of ether oxygens (including phenoxy) is 1. The standard InChI is InChI=1S/C13H29N3O3S/c1-4-14-11-13-6-8-16(9-7-13)20(17,18)15-10-12(3)19-5-2/h12-15H,4-11H2,1-3H3. The van der Waals surface area contributed by atoms with Gasteiger partial charge in [-0.1, -0.05) is 6.92 Å². The lowest BCUT2D eigenvalue weighted by Crippen LogP contribution is -2.47. The van der Waals surface area contributed by atoms with Crippen LogP contribution in [0.15, 0.2) is 0 Å². The van der Waals surface area contributed by atoms with Crippen molar-refractivity contribution in [3.8, 4) is 0 Å². The molecule has 1 rings (SSSR count). The fourth-order valence-corrected chi connectivity index (χ4v) is 3.68. The summed E-state index contributed by atoms with van der Waals surface area (Å²) in [4.78, 5) is 0. The molecule has 1 saturated heterocycles. The van der Waals surface area contributed by atoms with E-state index in [1.807, 2.05) is 13.8 Å². The smallest absolute Gasteiger partial charge is 0.279 e. The van der Waals surface area contributed by atoms with Gasteiger partial charge in [0.05, 0.1) is 6.10 Å². The molecule has 0 bridgehead atoms. The first-order valence-electron chi connectivity index (χ1n) is 7.56. The minimum atomic E-state index is -3.36. The van der Waals surface area contributed by atoms with Crippen LogP contribution in [0.2, 0.25) is 0 Å². The summed E-state index contributed by atoms with van der Waals surface area (Å²) in [5.41, 5.74) is 0. The van der Waals surface area contributed by atoms with Crippen LogP contribution in [0.1, 0.15) is 33.6 Å². The van der Waals surface area contributed by atoms with Gasteiger partial charge in [-0.15, -0.1) is 0 Å². The zero-order valence-electron chi connectivity index (χ0n) is 12.9. The van der Waals surface area contributed by atoms with Gasteiger partial charge < -0.3 is 10.1 Å².